The molecule has 0 fully saturated rings. The Morgan fingerprint density at radius 1 is 1.06 bits per heavy atom. The first-order valence-corrected chi connectivity index (χ1v) is 10.6. The van der Waals surface area contributed by atoms with E-state index in [0.29, 0.717) is 25.2 Å². The van der Waals surface area contributed by atoms with Gasteiger partial charge in [0.25, 0.3) is 5.96 Å². The molecule has 0 bridgehead atoms. The summed E-state index contributed by atoms with van der Waals surface area (Å²) in [7, 11) is -1.72. The normalized spacial score (nSPS) is 13.6. The summed E-state index contributed by atoms with van der Waals surface area (Å²) in [5.74, 6) is -1.36. The third-order valence-corrected chi connectivity index (χ3v) is 4.39. The van der Waals surface area contributed by atoms with Crippen LogP contribution in [0.4, 0.5) is 0 Å². The molecule has 0 aromatic heterocycles. The second kappa shape index (κ2) is 15.4. The lowest BCUT2D eigenvalue weighted by atomic mass is 9.75. The Morgan fingerprint density at radius 2 is 1.71 bits per heavy atom. The van der Waals surface area contributed by atoms with Crippen molar-refractivity contribution in [3.63, 3.8) is 0 Å². The van der Waals surface area contributed by atoms with E-state index in [9.17, 15) is 24.5 Å². The highest BCUT2D eigenvalue weighted by atomic mass is 16.7. The van der Waals surface area contributed by atoms with Crippen molar-refractivity contribution in [1.29, 1.82) is 0 Å². The Balaban J connectivity index is 5.00. The van der Waals surface area contributed by atoms with Gasteiger partial charge in [0.2, 0.25) is 11.8 Å². The van der Waals surface area contributed by atoms with Crippen molar-refractivity contribution < 1.29 is 29.9 Å². The van der Waals surface area contributed by atoms with E-state index >= 15 is 0 Å². The zero-order valence-electron chi connectivity index (χ0n) is 18.9. The molecular formula is C18H38BN6O6+. The van der Waals surface area contributed by atoms with E-state index in [1.807, 2.05) is 19.3 Å². The first-order valence-electron chi connectivity index (χ1n) is 10.6. The van der Waals surface area contributed by atoms with Crippen molar-refractivity contribution in [3.8, 4) is 0 Å². The van der Waals surface area contributed by atoms with Crippen molar-refractivity contribution in [2.75, 3.05) is 6.54 Å². The fourth-order valence-electron chi connectivity index (χ4n) is 2.88. The number of rotatable bonds is 15. The van der Waals surface area contributed by atoms with Crippen molar-refractivity contribution in [3.05, 3.63) is 4.91 Å². The molecule has 0 aromatic rings. The lowest BCUT2D eigenvalue weighted by Gasteiger charge is -2.24. The Labute approximate surface area is 183 Å². The molecule has 0 unspecified atom stereocenters. The number of aliphatic imine (C=N–C) groups is 1. The van der Waals surface area contributed by atoms with Crippen molar-refractivity contribution in [1.82, 2.24) is 16.1 Å². The first-order chi connectivity index (χ1) is 14.4. The van der Waals surface area contributed by atoms with E-state index in [2.05, 4.69) is 29.5 Å². The van der Waals surface area contributed by atoms with E-state index < -0.39 is 30.0 Å². The van der Waals surface area contributed by atoms with Crippen molar-refractivity contribution in [2.24, 2.45) is 22.6 Å². The van der Waals surface area contributed by atoms with Crippen LogP contribution in [0.1, 0.15) is 66.2 Å². The van der Waals surface area contributed by atoms with E-state index in [-0.39, 0.29) is 37.2 Å². The van der Waals surface area contributed by atoms with Gasteiger partial charge < -0.3 is 26.4 Å². The van der Waals surface area contributed by atoms with Crippen LogP contribution in [-0.4, -0.2) is 63.7 Å². The number of hydrogen-bond acceptors (Lipinski definition) is 6. The lowest BCUT2D eigenvalue weighted by Crippen LogP contribution is -2.54. The largest absolute Gasteiger partial charge is 0.475 e. The van der Waals surface area contributed by atoms with Gasteiger partial charge in [-0.05, 0) is 42.9 Å². The molecule has 178 valence electrons. The predicted octanol–water partition coefficient (Wildman–Crippen LogP) is -0.392. The van der Waals surface area contributed by atoms with Crippen LogP contribution in [0.25, 0.3) is 0 Å². The highest BCUT2D eigenvalue weighted by Crippen LogP contribution is 2.09. The van der Waals surface area contributed by atoms with Crippen molar-refractivity contribution in [2.45, 2.75) is 78.2 Å². The maximum atomic E-state index is 12.7. The minimum Gasteiger partial charge on any atom is -0.426 e. The van der Waals surface area contributed by atoms with E-state index in [1.54, 1.807) is 0 Å². The van der Waals surface area contributed by atoms with Gasteiger partial charge in [0.05, 0.1) is 5.94 Å². The monoisotopic (exact) mass is 445 g/mol. The minimum atomic E-state index is -1.72. The molecule has 13 heteroatoms. The molecule has 12 nitrogen and oxygen atoms in total. The third-order valence-electron chi connectivity index (χ3n) is 4.39. The van der Waals surface area contributed by atoms with Gasteiger partial charge in [-0.15, -0.1) is 0 Å². The van der Waals surface area contributed by atoms with E-state index in [4.69, 9.17) is 10.9 Å². The Hall–Kier alpha value is -2.41. The Bertz CT molecular complexity index is 602. The Morgan fingerprint density at radius 3 is 2.23 bits per heavy atom. The average molecular weight is 445 g/mol. The van der Waals surface area contributed by atoms with Gasteiger partial charge in [-0.3, -0.25) is 9.59 Å². The second-order valence-corrected chi connectivity index (χ2v) is 8.36. The summed E-state index contributed by atoms with van der Waals surface area (Å²) in [5.41, 5.74) is 7.22. The summed E-state index contributed by atoms with van der Waals surface area (Å²) in [5, 5.41) is 32.3. The summed E-state index contributed by atoms with van der Waals surface area (Å²) in [6, 6.07) is -0.891. The number of nitrogens with zero attached hydrogens (tertiary/aromatic N) is 2. The first kappa shape index (κ1) is 28.6. The maximum absolute atomic E-state index is 12.7. The predicted molar refractivity (Wildman–Crippen MR) is 116 cm³/mol. The number of nitrogens with two attached hydrogens (primary N) is 1. The third kappa shape index (κ3) is 15.1. The van der Waals surface area contributed by atoms with E-state index in [1.165, 1.54) is 0 Å². The summed E-state index contributed by atoms with van der Waals surface area (Å²) in [6.45, 7) is 8.04. The van der Waals surface area contributed by atoms with Gasteiger partial charge in [0.1, 0.15) is 10.9 Å². The number of amides is 2. The van der Waals surface area contributed by atoms with Gasteiger partial charge in [-0.25, -0.2) is 10.2 Å². The van der Waals surface area contributed by atoms with Crippen LogP contribution in [0.2, 0.25) is 0 Å². The molecule has 0 heterocycles. The molecule has 2 amide bonds. The standard InChI is InChI=1S/C18H37BN6O6/c1-12(2)7-5-9-16(26)22-14(8-6-10-21-18(20)24-25(30)31)17(27)23-15(19(28)29)11-13(3)4/h12-15,28-29H,5-11H2,1-4H3,(H5-,20,21,22,23,24,26,27,30,31)/p+1/t14-,15-/m0/s1. The number of guanidine groups is 1. The zero-order valence-corrected chi connectivity index (χ0v) is 18.9. The van der Waals surface area contributed by atoms with Gasteiger partial charge in [0, 0.05) is 13.0 Å². The molecule has 31 heavy (non-hydrogen) atoms. The Kier molecular flexibility index (Phi) is 14.2. The van der Waals surface area contributed by atoms with Crippen molar-refractivity contribution >= 4 is 24.9 Å². The molecule has 0 aliphatic heterocycles. The molecule has 0 aliphatic rings. The molecule has 0 aromatic carbocycles. The summed E-state index contributed by atoms with van der Waals surface area (Å²) in [4.78, 5) is 39.3. The van der Waals surface area contributed by atoms with Crippen LogP contribution in [0.3, 0.4) is 0 Å². The van der Waals surface area contributed by atoms with Crippen LogP contribution >= 0.6 is 0 Å². The highest BCUT2D eigenvalue weighted by molar-refractivity contribution is 6.43. The molecule has 0 saturated carbocycles. The number of carbonyl (C=O) groups excluding carboxylic acids is 2. The number of hydrazine groups is 1. The van der Waals surface area contributed by atoms with Crippen LogP contribution < -0.4 is 21.8 Å². The summed E-state index contributed by atoms with van der Waals surface area (Å²) >= 11 is 0. The van der Waals surface area contributed by atoms with Gasteiger partial charge in [0.15, 0.2) is 0 Å². The van der Waals surface area contributed by atoms with Crippen LogP contribution in [0.5, 0.6) is 0 Å². The van der Waals surface area contributed by atoms with Crippen LogP contribution in [-0.2, 0) is 9.59 Å². The van der Waals surface area contributed by atoms with E-state index in [0.717, 1.165) is 6.42 Å². The number of carbonyl (C=O) groups is 2. The molecule has 0 radical (unpaired) electrons. The summed E-state index contributed by atoms with van der Waals surface area (Å²) in [6.07, 6.45) is 2.79. The van der Waals surface area contributed by atoms with Gasteiger partial charge in [-0.1, -0.05) is 34.1 Å². The van der Waals surface area contributed by atoms with Gasteiger partial charge >= 0.3 is 12.2 Å². The molecule has 8 N–H and O–H groups in total. The molecule has 0 rings (SSSR count). The van der Waals surface area contributed by atoms with Crippen LogP contribution in [0, 0.1) is 16.7 Å². The fraction of sp³-hybridized carbons (Fsp3) is 0.833. The number of nitrogens with one attached hydrogen (secondary N) is 3. The molecular weight excluding hydrogens is 407 g/mol. The van der Waals surface area contributed by atoms with Crippen LogP contribution in [0.15, 0.2) is 4.99 Å². The fourth-order valence-corrected chi connectivity index (χ4v) is 2.88. The smallest absolute Gasteiger partial charge is 0.426 e. The summed E-state index contributed by atoms with van der Waals surface area (Å²) < 4.78 is 0. The average Bonchev–Trinajstić information content (AvgIpc) is 2.62. The SMILES string of the molecule is CC(C)CCCC(=O)N[C@@H](CCCN=C(N)N[N+](=O)O)C(=O)N[C@@H](CC(C)C)B(O)O. The molecule has 0 saturated heterocycles. The molecule has 2 atom stereocenters. The van der Waals surface area contributed by atoms with Gasteiger partial charge in [-0.2, -0.15) is 0 Å². The maximum Gasteiger partial charge on any atom is 0.475 e. The topological polar surface area (TPSA) is 189 Å². The number of hydrogen-bond donors (Lipinski definition) is 7. The highest BCUT2D eigenvalue weighted by Gasteiger charge is 2.29. The molecule has 0 aliphatic carbocycles. The molecule has 0 spiro atoms. The lowest BCUT2D eigenvalue weighted by molar-refractivity contribution is -0.822. The zero-order chi connectivity index (χ0) is 24.0. The second-order valence-electron chi connectivity index (χ2n) is 8.36. The minimum absolute atomic E-state index is 0.119. The quantitative estimate of drug-likeness (QED) is 0.0583.